The van der Waals surface area contributed by atoms with Gasteiger partial charge in [-0.05, 0) is 55.7 Å². The van der Waals surface area contributed by atoms with Crippen molar-refractivity contribution in [2.24, 2.45) is 7.05 Å². The summed E-state index contributed by atoms with van der Waals surface area (Å²) in [6.45, 7) is 3.83. The molecule has 22 heavy (non-hydrogen) atoms. The Morgan fingerprint density at radius 1 is 1.27 bits per heavy atom. The molecule has 1 amide bonds. The van der Waals surface area contributed by atoms with Gasteiger partial charge in [0.1, 0.15) is 5.82 Å². The number of halogens is 1. The van der Waals surface area contributed by atoms with Gasteiger partial charge in [0.2, 0.25) is 5.91 Å². The lowest BCUT2D eigenvalue weighted by Crippen LogP contribution is -2.12. The van der Waals surface area contributed by atoms with Crippen molar-refractivity contribution in [3.8, 4) is 0 Å². The van der Waals surface area contributed by atoms with Crippen LogP contribution in [0.4, 0.5) is 10.1 Å². The van der Waals surface area contributed by atoms with Crippen molar-refractivity contribution in [3.05, 3.63) is 52.6 Å². The summed E-state index contributed by atoms with van der Waals surface area (Å²) in [5, 5.41) is 2.73. The molecule has 0 saturated carbocycles. The van der Waals surface area contributed by atoms with Crippen molar-refractivity contribution in [1.29, 1.82) is 0 Å². The molecule has 1 aromatic heterocycles. The van der Waals surface area contributed by atoms with Crippen LogP contribution in [0, 0.1) is 19.7 Å². The maximum absolute atomic E-state index is 12.8. The average molecular weight is 302 g/mol. The van der Waals surface area contributed by atoms with Gasteiger partial charge in [0.05, 0.1) is 5.69 Å². The van der Waals surface area contributed by atoms with Gasteiger partial charge in [0, 0.05) is 24.8 Å². The Hall–Kier alpha value is -2.43. The minimum atomic E-state index is -0.338. The third-order valence-corrected chi connectivity index (χ3v) is 3.98. The van der Waals surface area contributed by atoms with Gasteiger partial charge in [-0.15, -0.1) is 0 Å². The number of amides is 1. The van der Waals surface area contributed by atoms with E-state index >= 15 is 0 Å². The van der Waals surface area contributed by atoms with Crippen molar-refractivity contribution >= 4 is 17.9 Å². The maximum atomic E-state index is 12.8. The summed E-state index contributed by atoms with van der Waals surface area (Å²) in [4.78, 5) is 23.1. The Kier molecular flexibility index (Phi) is 4.75. The largest absolute Gasteiger partial charge is 0.345 e. The number of nitrogens with zero attached hydrogens (tertiary/aromatic N) is 1. The normalized spacial score (nSPS) is 10.5. The SMILES string of the molecule is Cc1c(CCC(=O)Nc2ccc(F)cc2)c(C)n(C)c1C=O. The van der Waals surface area contributed by atoms with Crippen LogP contribution in [0.15, 0.2) is 24.3 Å². The molecule has 2 rings (SSSR count). The van der Waals surface area contributed by atoms with Gasteiger partial charge in [0.15, 0.2) is 6.29 Å². The van der Waals surface area contributed by atoms with Crippen LogP contribution in [-0.4, -0.2) is 16.8 Å². The Morgan fingerprint density at radius 3 is 2.45 bits per heavy atom. The minimum absolute atomic E-state index is 0.137. The summed E-state index contributed by atoms with van der Waals surface area (Å²) in [5.74, 6) is -0.475. The fraction of sp³-hybridized carbons (Fsp3) is 0.294. The van der Waals surface area contributed by atoms with Crippen LogP contribution in [0.3, 0.4) is 0 Å². The highest BCUT2D eigenvalue weighted by atomic mass is 19.1. The average Bonchev–Trinajstić information content (AvgIpc) is 2.69. The van der Waals surface area contributed by atoms with Crippen molar-refractivity contribution in [2.45, 2.75) is 26.7 Å². The second kappa shape index (κ2) is 6.56. The lowest BCUT2D eigenvalue weighted by molar-refractivity contribution is -0.116. The second-order valence-electron chi connectivity index (χ2n) is 5.31. The molecule has 0 aliphatic rings. The number of benzene rings is 1. The number of aldehydes is 1. The summed E-state index contributed by atoms with van der Waals surface area (Å²) in [5.41, 5.74) is 4.16. The van der Waals surface area contributed by atoms with Crippen molar-refractivity contribution in [1.82, 2.24) is 4.57 Å². The molecule has 1 aromatic carbocycles. The number of hydrogen-bond acceptors (Lipinski definition) is 2. The molecule has 2 aromatic rings. The highest BCUT2D eigenvalue weighted by Gasteiger charge is 2.15. The second-order valence-corrected chi connectivity index (χ2v) is 5.31. The highest BCUT2D eigenvalue weighted by Crippen LogP contribution is 2.21. The molecule has 0 saturated heterocycles. The number of rotatable bonds is 5. The van der Waals surface area contributed by atoms with E-state index in [-0.39, 0.29) is 11.7 Å². The highest BCUT2D eigenvalue weighted by molar-refractivity contribution is 5.90. The van der Waals surface area contributed by atoms with E-state index in [9.17, 15) is 14.0 Å². The zero-order chi connectivity index (χ0) is 16.3. The molecule has 116 valence electrons. The summed E-state index contributed by atoms with van der Waals surface area (Å²) in [6.07, 6.45) is 1.71. The van der Waals surface area contributed by atoms with Crippen LogP contribution < -0.4 is 5.32 Å². The lowest BCUT2D eigenvalue weighted by atomic mass is 10.0. The topological polar surface area (TPSA) is 51.1 Å². The summed E-state index contributed by atoms with van der Waals surface area (Å²) >= 11 is 0. The van der Waals surface area contributed by atoms with E-state index in [1.165, 1.54) is 24.3 Å². The quantitative estimate of drug-likeness (QED) is 0.863. The molecule has 0 aliphatic carbocycles. The molecule has 1 N–H and O–H groups in total. The molecule has 5 heteroatoms. The molecule has 0 radical (unpaired) electrons. The summed E-state index contributed by atoms with van der Waals surface area (Å²) in [6, 6.07) is 5.66. The van der Waals surface area contributed by atoms with E-state index in [1.807, 2.05) is 25.5 Å². The van der Waals surface area contributed by atoms with Gasteiger partial charge in [0.25, 0.3) is 0 Å². The van der Waals surface area contributed by atoms with Crippen LogP contribution in [-0.2, 0) is 18.3 Å². The van der Waals surface area contributed by atoms with E-state index in [0.29, 0.717) is 24.2 Å². The molecule has 4 nitrogen and oxygen atoms in total. The predicted octanol–water partition coefficient (Wildman–Crippen LogP) is 3.16. The number of anilines is 1. The van der Waals surface area contributed by atoms with Crippen molar-refractivity contribution in [3.63, 3.8) is 0 Å². The Bertz CT molecular complexity index is 702. The lowest BCUT2D eigenvalue weighted by Gasteiger charge is -2.06. The Morgan fingerprint density at radius 2 is 1.91 bits per heavy atom. The van der Waals surface area contributed by atoms with Crippen LogP contribution in [0.25, 0.3) is 0 Å². The molecule has 1 heterocycles. The van der Waals surface area contributed by atoms with Crippen LogP contribution in [0.1, 0.15) is 33.7 Å². The fourth-order valence-corrected chi connectivity index (χ4v) is 2.59. The van der Waals surface area contributed by atoms with Crippen molar-refractivity contribution in [2.75, 3.05) is 5.32 Å². The first kappa shape index (κ1) is 15.9. The van der Waals surface area contributed by atoms with Gasteiger partial charge < -0.3 is 9.88 Å². The molecule has 0 unspecified atom stereocenters. The van der Waals surface area contributed by atoms with E-state index in [4.69, 9.17) is 0 Å². The van der Waals surface area contributed by atoms with Crippen molar-refractivity contribution < 1.29 is 14.0 Å². The van der Waals surface area contributed by atoms with E-state index in [2.05, 4.69) is 5.32 Å². The van der Waals surface area contributed by atoms with Gasteiger partial charge in [-0.2, -0.15) is 0 Å². The monoisotopic (exact) mass is 302 g/mol. The van der Waals surface area contributed by atoms with E-state index in [1.54, 1.807) is 0 Å². The Balaban J connectivity index is 2.02. The Labute approximate surface area is 129 Å². The minimum Gasteiger partial charge on any atom is -0.345 e. The van der Waals surface area contributed by atoms with Gasteiger partial charge in [-0.25, -0.2) is 4.39 Å². The molecule has 0 atom stereocenters. The molecule has 0 aliphatic heterocycles. The fourth-order valence-electron chi connectivity index (χ4n) is 2.59. The number of carbonyl (C=O) groups excluding carboxylic acids is 2. The van der Waals surface area contributed by atoms with Crippen LogP contribution in [0.5, 0.6) is 0 Å². The molecule has 0 spiro atoms. The molecule has 0 bridgehead atoms. The first-order chi connectivity index (χ1) is 10.4. The first-order valence-electron chi connectivity index (χ1n) is 7.09. The first-order valence-corrected chi connectivity index (χ1v) is 7.09. The summed E-state index contributed by atoms with van der Waals surface area (Å²) < 4.78 is 14.7. The third-order valence-electron chi connectivity index (χ3n) is 3.98. The zero-order valence-corrected chi connectivity index (χ0v) is 12.9. The molecule has 0 fully saturated rings. The van der Waals surface area contributed by atoms with Gasteiger partial charge >= 0.3 is 0 Å². The predicted molar refractivity (Wildman–Crippen MR) is 83.6 cm³/mol. The third kappa shape index (κ3) is 3.24. The van der Waals surface area contributed by atoms with E-state index in [0.717, 1.165) is 23.1 Å². The van der Waals surface area contributed by atoms with Gasteiger partial charge in [-0.3, -0.25) is 9.59 Å². The number of nitrogens with one attached hydrogen (secondary N) is 1. The van der Waals surface area contributed by atoms with Gasteiger partial charge in [-0.1, -0.05) is 0 Å². The number of aromatic nitrogens is 1. The standard InChI is InChI=1S/C17H19FN2O2/c1-11-15(12(2)20(3)16(11)10-21)8-9-17(22)19-14-6-4-13(18)5-7-14/h4-7,10H,8-9H2,1-3H3,(H,19,22). The van der Waals surface area contributed by atoms with Crippen LogP contribution in [0.2, 0.25) is 0 Å². The number of hydrogen-bond donors (Lipinski definition) is 1. The molecular formula is C17H19FN2O2. The van der Waals surface area contributed by atoms with Crippen LogP contribution >= 0.6 is 0 Å². The summed E-state index contributed by atoms with van der Waals surface area (Å²) in [7, 11) is 1.84. The maximum Gasteiger partial charge on any atom is 0.224 e. The van der Waals surface area contributed by atoms with E-state index < -0.39 is 0 Å². The smallest absolute Gasteiger partial charge is 0.224 e. The molecular weight excluding hydrogens is 283 g/mol. The zero-order valence-electron chi connectivity index (χ0n) is 12.9. The number of carbonyl (C=O) groups is 2.